The summed E-state index contributed by atoms with van der Waals surface area (Å²) < 4.78 is 0. The van der Waals surface area contributed by atoms with Crippen LogP contribution in [0.25, 0.3) is 17.2 Å². The lowest BCUT2D eigenvalue weighted by Crippen LogP contribution is -1.94. The maximum absolute atomic E-state index is 2.46. The van der Waals surface area contributed by atoms with E-state index in [1.807, 2.05) is 0 Å². The first-order chi connectivity index (χ1) is 10.2. The summed E-state index contributed by atoms with van der Waals surface area (Å²) in [5, 5.41) is 0. The lowest BCUT2D eigenvalue weighted by Gasteiger charge is -2.13. The zero-order chi connectivity index (χ0) is 14.8. The second-order valence-electron chi connectivity index (χ2n) is 6.47. The molecule has 2 aromatic rings. The van der Waals surface area contributed by atoms with E-state index in [9.17, 15) is 0 Å². The van der Waals surface area contributed by atoms with Gasteiger partial charge in [-0.05, 0) is 53.0 Å². The van der Waals surface area contributed by atoms with Crippen LogP contribution in [-0.4, -0.2) is 0 Å². The van der Waals surface area contributed by atoms with Crippen molar-refractivity contribution in [2.45, 2.75) is 40.0 Å². The number of aryl methyl sites for hydroxylation is 1. The molecule has 0 spiro atoms. The fourth-order valence-electron chi connectivity index (χ4n) is 3.42. The zero-order valence-corrected chi connectivity index (χ0v) is 13.3. The minimum Gasteiger partial charge on any atom is -0.0649 e. The SMILES string of the molecule is CCc1ccc2c(c1-c1ccccc1)C=C(CC(C)C)C2. The summed E-state index contributed by atoms with van der Waals surface area (Å²) in [5.41, 5.74) is 8.83. The third kappa shape index (κ3) is 2.81. The van der Waals surface area contributed by atoms with Gasteiger partial charge in [0.2, 0.25) is 0 Å². The van der Waals surface area contributed by atoms with Crippen LogP contribution in [0.4, 0.5) is 0 Å². The fourth-order valence-corrected chi connectivity index (χ4v) is 3.42. The normalized spacial score (nSPS) is 13.4. The van der Waals surface area contributed by atoms with Gasteiger partial charge in [0.15, 0.2) is 0 Å². The number of fused-ring (bicyclic) bond motifs is 1. The van der Waals surface area contributed by atoms with Crippen molar-refractivity contribution < 1.29 is 0 Å². The first kappa shape index (κ1) is 14.1. The lowest BCUT2D eigenvalue weighted by atomic mass is 9.91. The number of rotatable bonds is 4. The number of benzene rings is 2. The molecule has 2 aromatic carbocycles. The molecule has 21 heavy (non-hydrogen) atoms. The van der Waals surface area contributed by atoms with Gasteiger partial charge in [0.1, 0.15) is 0 Å². The molecule has 0 saturated heterocycles. The van der Waals surface area contributed by atoms with Crippen molar-refractivity contribution in [3.8, 4) is 11.1 Å². The van der Waals surface area contributed by atoms with E-state index >= 15 is 0 Å². The molecule has 0 N–H and O–H groups in total. The first-order valence-corrected chi connectivity index (χ1v) is 8.08. The second kappa shape index (κ2) is 5.89. The maximum atomic E-state index is 2.46. The summed E-state index contributed by atoms with van der Waals surface area (Å²) in [6.45, 7) is 6.86. The van der Waals surface area contributed by atoms with Crippen LogP contribution in [0.2, 0.25) is 0 Å². The average molecular weight is 276 g/mol. The molecule has 0 fully saturated rings. The largest absolute Gasteiger partial charge is 0.0649 e. The molecule has 0 nitrogen and oxygen atoms in total. The van der Waals surface area contributed by atoms with E-state index in [2.05, 4.69) is 69.3 Å². The van der Waals surface area contributed by atoms with Gasteiger partial charge in [-0.3, -0.25) is 0 Å². The van der Waals surface area contributed by atoms with E-state index in [0.717, 1.165) is 18.8 Å². The summed E-state index contributed by atoms with van der Waals surface area (Å²) in [5.74, 6) is 0.733. The topological polar surface area (TPSA) is 0 Å². The van der Waals surface area contributed by atoms with Crippen LogP contribution >= 0.6 is 0 Å². The Labute approximate surface area is 128 Å². The molecule has 3 rings (SSSR count). The Bertz CT molecular complexity index is 660. The van der Waals surface area contributed by atoms with Crippen LogP contribution in [-0.2, 0) is 12.8 Å². The summed E-state index contributed by atoms with van der Waals surface area (Å²) in [4.78, 5) is 0. The molecule has 1 aliphatic rings. The molecule has 0 saturated carbocycles. The second-order valence-corrected chi connectivity index (χ2v) is 6.47. The van der Waals surface area contributed by atoms with Crippen molar-refractivity contribution in [1.82, 2.24) is 0 Å². The van der Waals surface area contributed by atoms with E-state index in [1.165, 1.54) is 34.2 Å². The lowest BCUT2D eigenvalue weighted by molar-refractivity contribution is 0.638. The highest BCUT2D eigenvalue weighted by molar-refractivity contribution is 5.83. The Morgan fingerprint density at radius 3 is 2.43 bits per heavy atom. The Morgan fingerprint density at radius 2 is 1.76 bits per heavy atom. The van der Waals surface area contributed by atoms with Gasteiger partial charge in [0.05, 0.1) is 0 Å². The van der Waals surface area contributed by atoms with Crippen molar-refractivity contribution in [2.75, 3.05) is 0 Å². The van der Waals surface area contributed by atoms with Crippen LogP contribution < -0.4 is 0 Å². The van der Waals surface area contributed by atoms with Gasteiger partial charge in [-0.25, -0.2) is 0 Å². The molecular formula is C21H24. The van der Waals surface area contributed by atoms with Crippen LogP contribution in [0.3, 0.4) is 0 Å². The van der Waals surface area contributed by atoms with Gasteiger partial charge in [-0.2, -0.15) is 0 Å². The molecule has 0 aromatic heterocycles. The highest BCUT2D eigenvalue weighted by atomic mass is 14.2. The molecule has 0 amide bonds. The highest BCUT2D eigenvalue weighted by Gasteiger charge is 2.19. The quantitative estimate of drug-likeness (QED) is 0.652. The predicted octanol–water partition coefficient (Wildman–Crippen LogP) is 5.90. The van der Waals surface area contributed by atoms with E-state index in [-0.39, 0.29) is 0 Å². The minimum absolute atomic E-state index is 0.733. The molecule has 1 aliphatic carbocycles. The Morgan fingerprint density at radius 1 is 1.00 bits per heavy atom. The van der Waals surface area contributed by atoms with Gasteiger partial charge in [0.25, 0.3) is 0 Å². The standard InChI is InChI=1S/C21H24/c1-4-17-10-11-19-13-16(12-15(2)3)14-20(19)21(17)18-8-6-5-7-9-18/h5-11,14-15H,4,12-13H2,1-3H3. The molecule has 0 unspecified atom stereocenters. The van der Waals surface area contributed by atoms with Gasteiger partial charge < -0.3 is 0 Å². The Hall–Kier alpha value is -1.82. The highest BCUT2D eigenvalue weighted by Crippen LogP contribution is 2.38. The molecular weight excluding hydrogens is 252 g/mol. The van der Waals surface area contributed by atoms with Gasteiger partial charge >= 0.3 is 0 Å². The number of allylic oxidation sites excluding steroid dienone is 1. The van der Waals surface area contributed by atoms with Crippen molar-refractivity contribution in [2.24, 2.45) is 5.92 Å². The molecule has 0 bridgehead atoms. The van der Waals surface area contributed by atoms with Crippen molar-refractivity contribution in [1.29, 1.82) is 0 Å². The molecule has 0 radical (unpaired) electrons. The average Bonchev–Trinajstić information content (AvgIpc) is 2.88. The third-order valence-corrected chi connectivity index (χ3v) is 4.30. The van der Waals surface area contributed by atoms with Crippen LogP contribution in [0.5, 0.6) is 0 Å². The summed E-state index contributed by atoms with van der Waals surface area (Å²) in [6.07, 6.45) is 5.89. The van der Waals surface area contributed by atoms with E-state index in [1.54, 1.807) is 5.57 Å². The van der Waals surface area contributed by atoms with Crippen LogP contribution in [0.1, 0.15) is 43.9 Å². The summed E-state index contributed by atoms with van der Waals surface area (Å²) in [6, 6.07) is 15.5. The molecule has 0 atom stereocenters. The van der Waals surface area contributed by atoms with Crippen LogP contribution in [0, 0.1) is 5.92 Å². The van der Waals surface area contributed by atoms with Gasteiger partial charge in [0, 0.05) is 0 Å². The molecule has 0 heteroatoms. The Kier molecular flexibility index (Phi) is 3.96. The van der Waals surface area contributed by atoms with E-state index in [4.69, 9.17) is 0 Å². The van der Waals surface area contributed by atoms with Crippen molar-refractivity contribution in [3.05, 3.63) is 64.7 Å². The molecule has 0 heterocycles. The predicted molar refractivity (Wildman–Crippen MR) is 92.4 cm³/mol. The smallest absolute Gasteiger partial charge is 0.00575 e. The van der Waals surface area contributed by atoms with Crippen LogP contribution in [0.15, 0.2) is 48.0 Å². The van der Waals surface area contributed by atoms with Gasteiger partial charge in [-0.15, -0.1) is 0 Å². The Balaban J connectivity index is 2.12. The van der Waals surface area contributed by atoms with Crippen molar-refractivity contribution >= 4 is 6.08 Å². The molecule has 108 valence electrons. The fraction of sp³-hybridized carbons (Fsp3) is 0.333. The van der Waals surface area contributed by atoms with E-state index in [0.29, 0.717) is 0 Å². The summed E-state index contributed by atoms with van der Waals surface area (Å²) in [7, 11) is 0. The number of hydrogen-bond donors (Lipinski definition) is 0. The zero-order valence-electron chi connectivity index (χ0n) is 13.3. The van der Waals surface area contributed by atoms with E-state index < -0.39 is 0 Å². The van der Waals surface area contributed by atoms with Gasteiger partial charge in [-0.1, -0.05) is 74.9 Å². The summed E-state index contributed by atoms with van der Waals surface area (Å²) >= 11 is 0. The molecule has 0 aliphatic heterocycles. The first-order valence-electron chi connectivity index (χ1n) is 8.08. The monoisotopic (exact) mass is 276 g/mol. The third-order valence-electron chi connectivity index (χ3n) is 4.30. The minimum atomic E-state index is 0.733. The maximum Gasteiger partial charge on any atom is -0.00575 e. The van der Waals surface area contributed by atoms with Crippen molar-refractivity contribution in [3.63, 3.8) is 0 Å². The number of hydrogen-bond acceptors (Lipinski definition) is 0.